The van der Waals surface area contributed by atoms with Crippen molar-refractivity contribution < 1.29 is 9.90 Å². The number of pyridine rings is 1. The van der Waals surface area contributed by atoms with Gasteiger partial charge in [0.2, 0.25) is 0 Å². The molecular formula is C11H12BrNO2. The summed E-state index contributed by atoms with van der Waals surface area (Å²) in [5.41, 5.74) is 0.843. The molecule has 0 aromatic carbocycles. The van der Waals surface area contributed by atoms with Crippen molar-refractivity contribution in [1.29, 1.82) is 0 Å². The van der Waals surface area contributed by atoms with Crippen LogP contribution >= 0.6 is 15.9 Å². The molecule has 1 aromatic heterocycles. The molecule has 0 spiro atoms. The van der Waals surface area contributed by atoms with Gasteiger partial charge in [-0.3, -0.25) is 9.78 Å². The van der Waals surface area contributed by atoms with Crippen LogP contribution in [-0.2, 0) is 4.79 Å². The van der Waals surface area contributed by atoms with E-state index in [9.17, 15) is 4.79 Å². The Kier molecular flexibility index (Phi) is 2.34. The van der Waals surface area contributed by atoms with E-state index in [-0.39, 0.29) is 17.3 Å². The quantitative estimate of drug-likeness (QED) is 0.898. The Hall–Kier alpha value is -0.900. The maximum Gasteiger partial charge on any atom is 0.307 e. The van der Waals surface area contributed by atoms with E-state index in [1.807, 2.05) is 19.9 Å². The molecule has 1 heterocycles. The Morgan fingerprint density at radius 2 is 2.20 bits per heavy atom. The van der Waals surface area contributed by atoms with E-state index in [0.29, 0.717) is 0 Å². The second-order valence-corrected chi connectivity index (χ2v) is 5.47. The molecule has 3 nitrogen and oxygen atoms in total. The topological polar surface area (TPSA) is 50.2 Å². The third-order valence-electron chi connectivity index (χ3n) is 3.18. The summed E-state index contributed by atoms with van der Waals surface area (Å²) >= 11 is 3.34. The maximum absolute atomic E-state index is 11.0. The molecule has 4 heteroatoms. The Morgan fingerprint density at radius 1 is 1.53 bits per heavy atom. The minimum atomic E-state index is -0.718. The van der Waals surface area contributed by atoms with Gasteiger partial charge in [-0.15, -0.1) is 0 Å². The van der Waals surface area contributed by atoms with Crippen molar-refractivity contribution in [2.45, 2.75) is 19.8 Å². The summed E-state index contributed by atoms with van der Waals surface area (Å²) in [4.78, 5) is 15.1. The van der Waals surface area contributed by atoms with Gasteiger partial charge in [-0.2, -0.15) is 0 Å². The standard InChI is InChI=1S/C11H12BrNO2/c1-11(2)8(9(11)10(14)15)6-3-7(12)5-13-4-6/h3-5,8-9H,1-2H3,(H,14,15)/t8-,9+/m1/s1. The fourth-order valence-corrected chi connectivity index (χ4v) is 2.70. The predicted molar refractivity (Wildman–Crippen MR) is 59.6 cm³/mol. The highest BCUT2D eigenvalue weighted by atomic mass is 79.9. The normalized spacial score (nSPS) is 27.4. The van der Waals surface area contributed by atoms with Crippen molar-refractivity contribution in [3.63, 3.8) is 0 Å². The van der Waals surface area contributed by atoms with Crippen molar-refractivity contribution >= 4 is 21.9 Å². The van der Waals surface area contributed by atoms with Crippen molar-refractivity contribution in [3.05, 3.63) is 28.5 Å². The van der Waals surface area contributed by atoms with Crippen LogP contribution in [0.3, 0.4) is 0 Å². The fourth-order valence-electron chi connectivity index (χ4n) is 2.32. The average molecular weight is 270 g/mol. The first-order valence-electron chi connectivity index (χ1n) is 4.78. The van der Waals surface area contributed by atoms with Crippen LogP contribution in [0.15, 0.2) is 22.9 Å². The number of halogens is 1. The lowest BCUT2D eigenvalue weighted by molar-refractivity contribution is -0.139. The lowest BCUT2D eigenvalue weighted by Crippen LogP contribution is -2.03. The van der Waals surface area contributed by atoms with Crippen LogP contribution in [0.1, 0.15) is 25.3 Å². The lowest BCUT2D eigenvalue weighted by atomic mass is 10.1. The first-order chi connectivity index (χ1) is 6.94. The highest BCUT2D eigenvalue weighted by Crippen LogP contribution is 2.64. The number of carboxylic acids is 1. The second-order valence-electron chi connectivity index (χ2n) is 4.55. The molecule has 2 atom stereocenters. The number of carbonyl (C=O) groups is 1. The predicted octanol–water partition coefficient (Wildman–Crippen LogP) is 2.67. The molecular weight excluding hydrogens is 258 g/mol. The SMILES string of the molecule is CC1(C)[C@H](C(=O)O)[C@H]1c1cncc(Br)c1. The number of aliphatic carboxylic acids is 1. The molecule has 1 N–H and O–H groups in total. The molecule has 0 amide bonds. The van der Waals surface area contributed by atoms with Gasteiger partial charge < -0.3 is 5.11 Å². The number of hydrogen-bond donors (Lipinski definition) is 1. The highest BCUT2D eigenvalue weighted by Gasteiger charge is 2.62. The van der Waals surface area contributed by atoms with Crippen molar-refractivity contribution in [3.8, 4) is 0 Å². The molecule has 0 bridgehead atoms. The number of aromatic nitrogens is 1. The second kappa shape index (κ2) is 3.30. The molecule has 1 aliphatic carbocycles. The van der Waals surface area contributed by atoms with E-state index in [1.165, 1.54) is 0 Å². The molecule has 0 aliphatic heterocycles. The van der Waals surface area contributed by atoms with Gasteiger partial charge in [0.05, 0.1) is 5.92 Å². The van der Waals surface area contributed by atoms with Crippen LogP contribution in [0.2, 0.25) is 0 Å². The van der Waals surface area contributed by atoms with Gasteiger partial charge >= 0.3 is 5.97 Å². The van der Waals surface area contributed by atoms with E-state index in [2.05, 4.69) is 20.9 Å². The van der Waals surface area contributed by atoms with Crippen molar-refractivity contribution in [2.75, 3.05) is 0 Å². The van der Waals surface area contributed by atoms with Gasteiger partial charge in [0.15, 0.2) is 0 Å². The monoisotopic (exact) mass is 269 g/mol. The molecule has 1 aliphatic rings. The first kappa shape index (κ1) is 10.6. The lowest BCUT2D eigenvalue weighted by Gasteiger charge is -2.02. The summed E-state index contributed by atoms with van der Waals surface area (Å²) in [6.07, 6.45) is 3.45. The van der Waals surface area contributed by atoms with Crippen LogP contribution in [0.25, 0.3) is 0 Å². The summed E-state index contributed by atoms with van der Waals surface area (Å²) in [6, 6.07) is 1.95. The third-order valence-corrected chi connectivity index (χ3v) is 3.61. The molecule has 1 saturated carbocycles. The molecule has 15 heavy (non-hydrogen) atoms. The van der Waals surface area contributed by atoms with Gasteiger partial charge in [-0.25, -0.2) is 0 Å². The van der Waals surface area contributed by atoms with E-state index >= 15 is 0 Å². The Morgan fingerprint density at radius 3 is 2.67 bits per heavy atom. The zero-order valence-electron chi connectivity index (χ0n) is 8.57. The van der Waals surface area contributed by atoms with Gasteiger partial charge in [0.25, 0.3) is 0 Å². The third kappa shape index (κ3) is 1.67. The summed E-state index contributed by atoms with van der Waals surface area (Å²) in [6.45, 7) is 3.97. The summed E-state index contributed by atoms with van der Waals surface area (Å²) in [5.74, 6) is -0.918. The van der Waals surface area contributed by atoms with Crippen LogP contribution < -0.4 is 0 Å². The van der Waals surface area contributed by atoms with Gasteiger partial charge in [-0.1, -0.05) is 13.8 Å². The van der Waals surface area contributed by atoms with E-state index < -0.39 is 5.97 Å². The molecule has 2 rings (SSSR count). The molecule has 0 radical (unpaired) electrons. The van der Waals surface area contributed by atoms with Gasteiger partial charge in [-0.05, 0) is 33.0 Å². The molecule has 1 fully saturated rings. The minimum Gasteiger partial charge on any atom is -0.481 e. The van der Waals surface area contributed by atoms with E-state index in [4.69, 9.17) is 5.11 Å². The van der Waals surface area contributed by atoms with Crippen molar-refractivity contribution in [1.82, 2.24) is 4.98 Å². The highest BCUT2D eigenvalue weighted by molar-refractivity contribution is 9.10. The molecule has 0 saturated heterocycles. The van der Waals surface area contributed by atoms with Crippen molar-refractivity contribution in [2.24, 2.45) is 11.3 Å². The maximum atomic E-state index is 11.0. The van der Waals surface area contributed by atoms with Crippen LogP contribution in [0, 0.1) is 11.3 Å². The molecule has 80 valence electrons. The summed E-state index contributed by atoms with van der Waals surface area (Å²) < 4.78 is 0.895. The first-order valence-corrected chi connectivity index (χ1v) is 5.57. The van der Waals surface area contributed by atoms with E-state index in [0.717, 1.165) is 10.0 Å². The summed E-state index contributed by atoms with van der Waals surface area (Å²) in [5, 5.41) is 9.06. The van der Waals surface area contributed by atoms with Gasteiger partial charge in [0.1, 0.15) is 0 Å². The van der Waals surface area contributed by atoms with E-state index in [1.54, 1.807) is 12.4 Å². The molecule has 1 aromatic rings. The fraction of sp³-hybridized carbons (Fsp3) is 0.455. The molecule has 0 unspecified atom stereocenters. The number of nitrogens with zero attached hydrogens (tertiary/aromatic N) is 1. The average Bonchev–Trinajstić information content (AvgIpc) is 2.69. The minimum absolute atomic E-state index is 0.0833. The summed E-state index contributed by atoms with van der Waals surface area (Å²) in [7, 11) is 0. The Bertz CT molecular complexity index is 417. The van der Waals surface area contributed by atoms with Crippen LogP contribution in [-0.4, -0.2) is 16.1 Å². The zero-order chi connectivity index (χ0) is 11.2. The largest absolute Gasteiger partial charge is 0.481 e. The van der Waals surface area contributed by atoms with Crippen LogP contribution in [0.4, 0.5) is 0 Å². The number of rotatable bonds is 2. The van der Waals surface area contributed by atoms with Gasteiger partial charge in [0, 0.05) is 22.8 Å². The number of hydrogen-bond acceptors (Lipinski definition) is 2. The Labute approximate surface area is 96.7 Å². The smallest absolute Gasteiger partial charge is 0.307 e. The zero-order valence-corrected chi connectivity index (χ0v) is 10.2. The Balaban J connectivity index is 2.31. The van der Waals surface area contributed by atoms with Crippen LogP contribution in [0.5, 0.6) is 0 Å². The number of carboxylic acid groups (broad SMARTS) is 1.